The number of rotatable bonds is 10. The van der Waals surface area contributed by atoms with Gasteiger partial charge in [-0.1, -0.05) is 38.8 Å². The first-order chi connectivity index (χ1) is 19.8. The predicted molar refractivity (Wildman–Crippen MR) is 153 cm³/mol. The third kappa shape index (κ3) is 6.08. The number of benzene rings is 3. The normalized spacial score (nSPS) is 17.2. The Kier molecular flexibility index (Phi) is 9.17. The second-order valence-electron chi connectivity index (χ2n) is 10.7. The molecule has 0 saturated heterocycles. The smallest absolute Gasteiger partial charge is 0.201 e. The van der Waals surface area contributed by atoms with Crippen molar-refractivity contribution in [2.45, 2.75) is 71.3 Å². The maximum absolute atomic E-state index is 15.2. The van der Waals surface area contributed by atoms with Crippen LogP contribution in [0.15, 0.2) is 42.5 Å². The molecule has 5 rings (SSSR count). The summed E-state index contributed by atoms with van der Waals surface area (Å²) < 4.78 is 86.6. The molecule has 0 aliphatic heterocycles. The van der Waals surface area contributed by atoms with E-state index in [0.717, 1.165) is 56.3 Å². The minimum atomic E-state index is -1.33. The van der Waals surface area contributed by atoms with E-state index < -0.39 is 29.1 Å². The Bertz CT molecular complexity index is 1520. The highest BCUT2D eigenvalue weighted by molar-refractivity contribution is 7.19. The van der Waals surface area contributed by atoms with Crippen molar-refractivity contribution in [3.8, 4) is 22.6 Å². The summed E-state index contributed by atoms with van der Waals surface area (Å²) in [6.07, 6.45) is 6.53. The topological polar surface area (TPSA) is 18.5 Å². The number of fused-ring (bicyclic) bond motifs is 1. The summed E-state index contributed by atoms with van der Waals surface area (Å²) in [5.41, 5.74) is -0.422. The lowest BCUT2D eigenvalue weighted by molar-refractivity contribution is 0.288. The Hall–Kier alpha value is -3.13. The molecule has 0 unspecified atom stereocenters. The molecule has 1 aromatic heterocycles. The summed E-state index contributed by atoms with van der Waals surface area (Å²) in [6, 6.07) is 10.2. The van der Waals surface area contributed by atoms with Gasteiger partial charge in [0, 0.05) is 16.0 Å². The summed E-state index contributed by atoms with van der Waals surface area (Å²) >= 11 is 1.13. The molecule has 0 amide bonds. The average molecular weight is 589 g/mol. The van der Waals surface area contributed by atoms with Crippen molar-refractivity contribution < 1.29 is 31.4 Å². The van der Waals surface area contributed by atoms with E-state index >= 15 is 17.6 Å². The van der Waals surface area contributed by atoms with E-state index in [0.29, 0.717) is 33.1 Å². The van der Waals surface area contributed by atoms with Crippen LogP contribution in [0, 0.1) is 35.0 Å². The highest BCUT2D eigenvalue weighted by Crippen LogP contribution is 2.41. The zero-order valence-electron chi connectivity index (χ0n) is 23.2. The number of hydrogen-bond donors (Lipinski definition) is 0. The standard InChI is InChI=1S/C33H33F5O2S/c1-3-5-19-6-8-20(9-7-19)23-11-12-24(29(35)28(23)34)25-13-15-26(31(37)30(25)36)40-18-22-17-21-10-14-27(39-16-4-2)32(38)33(21)41-22/h10-15,17,19-20H,3-9,16,18H2,1-2H3. The highest BCUT2D eigenvalue weighted by Gasteiger charge is 2.27. The first-order valence-electron chi connectivity index (χ1n) is 14.2. The minimum absolute atomic E-state index is 0.0816. The highest BCUT2D eigenvalue weighted by atomic mass is 32.1. The Balaban J connectivity index is 1.32. The molecule has 0 atom stereocenters. The molecule has 0 N–H and O–H groups in total. The Morgan fingerprint density at radius 2 is 1.37 bits per heavy atom. The molecule has 4 aromatic rings. The Morgan fingerprint density at radius 1 is 0.707 bits per heavy atom. The van der Waals surface area contributed by atoms with Crippen LogP contribution in [0.2, 0.25) is 0 Å². The monoisotopic (exact) mass is 588 g/mol. The van der Waals surface area contributed by atoms with E-state index in [1.165, 1.54) is 24.3 Å². The number of thiophene rings is 1. The fourth-order valence-electron chi connectivity index (χ4n) is 5.76. The molecule has 2 nitrogen and oxygen atoms in total. The lowest BCUT2D eigenvalue weighted by Gasteiger charge is -2.29. The number of ether oxygens (including phenoxy) is 2. The predicted octanol–water partition coefficient (Wildman–Crippen LogP) is 10.7. The van der Waals surface area contributed by atoms with Crippen LogP contribution >= 0.6 is 11.3 Å². The van der Waals surface area contributed by atoms with E-state index in [2.05, 4.69) is 6.92 Å². The van der Waals surface area contributed by atoms with Gasteiger partial charge in [0.1, 0.15) is 6.61 Å². The molecule has 8 heteroatoms. The van der Waals surface area contributed by atoms with Crippen LogP contribution in [-0.2, 0) is 6.61 Å². The van der Waals surface area contributed by atoms with Gasteiger partial charge in [-0.2, -0.15) is 4.39 Å². The third-order valence-electron chi connectivity index (χ3n) is 7.91. The van der Waals surface area contributed by atoms with Gasteiger partial charge < -0.3 is 9.47 Å². The Morgan fingerprint density at radius 3 is 2.07 bits per heavy atom. The van der Waals surface area contributed by atoms with Crippen molar-refractivity contribution in [3.63, 3.8) is 0 Å². The lowest BCUT2D eigenvalue weighted by Crippen LogP contribution is -2.15. The molecule has 1 saturated carbocycles. The molecule has 1 fully saturated rings. The molecule has 0 bridgehead atoms. The molecule has 3 aromatic carbocycles. The minimum Gasteiger partial charge on any atom is -0.490 e. The molecule has 1 aliphatic carbocycles. The van der Waals surface area contributed by atoms with Crippen molar-refractivity contribution in [1.82, 2.24) is 0 Å². The van der Waals surface area contributed by atoms with E-state index in [4.69, 9.17) is 9.47 Å². The molecular weight excluding hydrogens is 555 g/mol. The molecule has 0 radical (unpaired) electrons. The zero-order valence-corrected chi connectivity index (χ0v) is 24.0. The van der Waals surface area contributed by atoms with Gasteiger partial charge in [0.15, 0.2) is 34.8 Å². The van der Waals surface area contributed by atoms with Crippen LogP contribution in [0.4, 0.5) is 22.0 Å². The van der Waals surface area contributed by atoms with Crippen molar-refractivity contribution >= 4 is 21.4 Å². The van der Waals surface area contributed by atoms with Gasteiger partial charge in [0.2, 0.25) is 5.82 Å². The summed E-state index contributed by atoms with van der Waals surface area (Å²) in [7, 11) is 0. The van der Waals surface area contributed by atoms with Crippen LogP contribution < -0.4 is 9.47 Å². The quantitative estimate of drug-likeness (QED) is 0.172. The van der Waals surface area contributed by atoms with Crippen LogP contribution in [-0.4, -0.2) is 6.61 Å². The second kappa shape index (κ2) is 12.8. The molecule has 0 spiro atoms. The van der Waals surface area contributed by atoms with Gasteiger partial charge in [0.25, 0.3) is 0 Å². The van der Waals surface area contributed by atoms with Crippen molar-refractivity contribution in [2.75, 3.05) is 6.61 Å². The largest absolute Gasteiger partial charge is 0.490 e. The van der Waals surface area contributed by atoms with Crippen molar-refractivity contribution in [1.29, 1.82) is 0 Å². The van der Waals surface area contributed by atoms with E-state index in [-0.39, 0.29) is 35.2 Å². The molecule has 218 valence electrons. The average Bonchev–Trinajstić information content (AvgIpc) is 3.40. The summed E-state index contributed by atoms with van der Waals surface area (Å²) in [5, 5.41) is 0.645. The summed E-state index contributed by atoms with van der Waals surface area (Å²) in [4.78, 5) is 0.600. The number of halogens is 5. The molecule has 41 heavy (non-hydrogen) atoms. The third-order valence-corrected chi connectivity index (χ3v) is 9.02. The number of hydrogen-bond acceptors (Lipinski definition) is 3. The van der Waals surface area contributed by atoms with Crippen molar-refractivity contribution in [2.24, 2.45) is 5.92 Å². The molecular formula is C33H33F5O2S. The summed E-state index contributed by atoms with van der Waals surface area (Å²) in [5.74, 6) is -4.95. The van der Waals surface area contributed by atoms with Crippen LogP contribution in [0.1, 0.15) is 75.2 Å². The van der Waals surface area contributed by atoms with E-state index in [1.807, 2.05) is 6.92 Å². The van der Waals surface area contributed by atoms with Gasteiger partial charge in [-0.3, -0.25) is 0 Å². The first kappa shape index (κ1) is 29.4. The molecule has 1 aliphatic rings. The molecule has 1 heterocycles. The zero-order chi connectivity index (χ0) is 29.1. The van der Waals surface area contributed by atoms with Gasteiger partial charge in [0.05, 0.1) is 11.3 Å². The fourth-order valence-corrected chi connectivity index (χ4v) is 6.76. The maximum Gasteiger partial charge on any atom is 0.201 e. The van der Waals surface area contributed by atoms with Crippen molar-refractivity contribution in [3.05, 3.63) is 82.0 Å². The summed E-state index contributed by atoms with van der Waals surface area (Å²) in [6.45, 7) is 4.34. The first-order valence-corrected chi connectivity index (χ1v) is 15.1. The van der Waals surface area contributed by atoms with E-state index in [1.54, 1.807) is 18.2 Å². The maximum atomic E-state index is 15.2. The lowest BCUT2D eigenvalue weighted by atomic mass is 9.77. The van der Waals surface area contributed by atoms with E-state index in [9.17, 15) is 4.39 Å². The van der Waals surface area contributed by atoms with Crippen LogP contribution in [0.5, 0.6) is 11.5 Å². The SMILES string of the molecule is CCCOc1ccc2cc(COc3ccc(-c4ccc(C5CCC(CCC)CC5)c(F)c4F)c(F)c3F)sc2c1F. The van der Waals surface area contributed by atoms with Gasteiger partial charge in [-0.25, -0.2) is 17.6 Å². The second-order valence-corrected chi connectivity index (χ2v) is 11.9. The van der Waals surface area contributed by atoms with Gasteiger partial charge in [-0.05, 0) is 85.2 Å². The Labute approximate surface area is 241 Å². The van der Waals surface area contributed by atoms with Crippen LogP contribution in [0.3, 0.4) is 0 Å². The fraction of sp³-hybridized carbons (Fsp3) is 0.394. The van der Waals surface area contributed by atoms with Crippen LogP contribution in [0.25, 0.3) is 21.2 Å². The van der Waals surface area contributed by atoms with Gasteiger partial charge >= 0.3 is 0 Å². The van der Waals surface area contributed by atoms with Gasteiger partial charge in [-0.15, -0.1) is 11.3 Å².